The van der Waals surface area contributed by atoms with Gasteiger partial charge in [-0.05, 0) is 71.4 Å². The van der Waals surface area contributed by atoms with Crippen molar-refractivity contribution in [1.29, 1.82) is 0 Å². The fourth-order valence-electron chi connectivity index (χ4n) is 3.15. The highest BCUT2D eigenvalue weighted by Gasteiger charge is 2.09. The summed E-state index contributed by atoms with van der Waals surface area (Å²) in [5, 5.41) is 16.9. The first-order valence-corrected chi connectivity index (χ1v) is 11.9. The van der Waals surface area contributed by atoms with Gasteiger partial charge in [0.25, 0.3) is 0 Å². The molecule has 33 heavy (non-hydrogen) atoms. The Bertz CT molecular complexity index is 1160. The number of aromatic nitrogens is 4. The van der Waals surface area contributed by atoms with Crippen LogP contribution in [0.4, 0.5) is 4.39 Å². The number of para-hydroxylation sites is 1. The number of ether oxygens (including phenoxy) is 1. The van der Waals surface area contributed by atoms with E-state index in [1.807, 2.05) is 42.5 Å². The molecule has 170 valence electrons. The van der Waals surface area contributed by atoms with Gasteiger partial charge in [0.15, 0.2) is 0 Å². The number of hydrogen-bond acceptors (Lipinski definition) is 6. The Morgan fingerprint density at radius 2 is 1.85 bits per heavy atom. The van der Waals surface area contributed by atoms with Crippen LogP contribution in [0.3, 0.4) is 0 Å². The Hall–Kier alpha value is -2.94. The molecule has 0 bridgehead atoms. The van der Waals surface area contributed by atoms with Crippen molar-refractivity contribution in [1.82, 2.24) is 25.5 Å². The van der Waals surface area contributed by atoms with E-state index in [-0.39, 0.29) is 5.82 Å². The van der Waals surface area contributed by atoms with Crippen LogP contribution in [-0.4, -0.2) is 32.5 Å². The van der Waals surface area contributed by atoms with E-state index in [4.69, 9.17) is 16.3 Å². The van der Waals surface area contributed by atoms with E-state index in [0.717, 1.165) is 46.4 Å². The van der Waals surface area contributed by atoms with Crippen LogP contribution in [0, 0.1) is 5.82 Å². The number of benzene rings is 3. The van der Waals surface area contributed by atoms with Gasteiger partial charge in [0.05, 0.1) is 5.69 Å². The average molecular weight is 484 g/mol. The Balaban J connectivity index is 1.23. The Morgan fingerprint density at radius 3 is 2.67 bits per heavy atom. The molecule has 1 aromatic heterocycles. The molecular formula is C24H23ClFN5OS. The third-order valence-corrected chi connectivity index (χ3v) is 6.06. The first-order valence-electron chi connectivity index (χ1n) is 10.5. The van der Waals surface area contributed by atoms with Crippen molar-refractivity contribution in [2.24, 2.45) is 0 Å². The number of nitrogens with zero attached hydrogens (tertiary/aromatic N) is 4. The van der Waals surface area contributed by atoms with Crippen LogP contribution < -0.4 is 10.1 Å². The zero-order chi connectivity index (χ0) is 22.9. The van der Waals surface area contributed by atoms with Gasteiger partial charge in [0.1, 0.15) is 18.2 Å². The minimum atomic E-state index is -0.259. The van der Waals surface area contributed by atoms with Crippen molar-refractivity contribution in [3.8, 4) is 11.4 Å². The predicted octanol–water partition coefficient (Wildman–Crippen LogP) is 5.31. The van der Waals surface area contributed by atoms with Crippen LogP contribution in [0.5, 0.6) is 5.75 Å². The molecule has 0 aliphatic rings. The fraction of sp³-hybridized carbons (Fsp3) is 0.208. The van der Waals surface area contributed by atoms with E-state index in [0.29, 0.717) is 18.2 Å². The molecule has 0 atom stereocenters. The van der Waals surface area contributed by atoms with Crippen LogP contribution in [0.25, 0.3) is 5.69 Å². The molecule has 1 N–H and O–H groups in total. The number of halogens is 2. The van der Waals surface area contributed by atoms with E-state index in [2.05, 4.69) is 20.8 Å². The van der Waals surface area contributed by atoms with Crippen LogP contribution in [-0.2, 0) is 13.2 Å². The second-order valence-electron chi connectivity index (χ2n) is 7.25. The van der Waals surface area contributed by atoms with Gasteiger partial charge >= 0.3 is 0 Å². The average Bonchev–Trinajstić information content (AvgIpc) is 3.31. The van der Waals surface area contributed by atoms with E-state index in [9.17, 15) is 4.39 Å². The van der Waals surface area contributed by atoms with Crippen LogP contribution in [0.15, 0.2) is 78.0 Å². The van der Waals surface area contributed by atoms with Gasteiger partial charge < -0.3 is 10.1 Å². The monoisotopic (exact) mass is 483 g/mol. The lowest BCUT2D eigenvalue weighted by Gasteiger charge is -2.13. The Morgan fingerprint density at radius 1 is 1.03 bits per heavy atom. The molecule has 0 aliphatic heterocycles. The van der Waals surface area contributed by atoms with Gasteiger partial charge in [-0.1, -0.05) is 53.7 Å². The fourth-order valence-corrected chi connectivity index (χ4v) is 4.18. The molecule has 4 rings (SSSR count). The number of tetrazole rings is 1. The van der Waals surface area contributed by atoms with E-state index < -0.39 is 0 Å². The Kier molecular flexibility index (Phi) is 8.30. The largest absolute Gasteiger partial charge is 0.489 e. The lowest BCUT2D eigenvalue weighted by atomic mass is 10.2. The molecule has 6 nitrogen and oxygen atoms in total. The summed E-state index contributed by atoms with van der Waals surface area (Å²) in [6, 6.07) is 21.7. The summed E-state index contributed by atoms with van der Waals surface area (Å²) in [6.45, 7) is 1.82. The zero-order valence-electron chi connectivity index (χ0n) is 17.8. The summed E-state index contributed by atoms with van der Waals surface area (Å²) in [6.07, 6.45) is 0.943. The second-order valence-corrected chi connectivity index (χ2v) is 8.75. The van der Waals surface area contributed by atoms with Gasteiger partial charge in [-0.25, -0.2) is 4.39 Å². The topological polar surface area (TPSA) is 64.9 Å². The molecule has 0 unspecified atom stereocenters. The number of nitrogens with one attached hydrogen (secondary N) is 1. The molecule has 0 saturated heterocycles. The molecule has 0 fully saturated rings. The highest BCUT2D eigenvalue weighted by Crippen LogP contribution is 2.24. The third-order valence-electron chi connectivity index (χ3n) is 4.82. The minimum absolute atomic E-state index is 0.259. The zero-order valence-corrected chi connectivity index (χ0v) is 19.4. The minimum Gasteiger partial charge on any atom is -0.489 e. The van der Waals surface area contributed by atoms with Gasteiger partial charge in [-0.3, -0.25) is 0 Å². The SMILES string of the molecule is Fc1ccc(COc2ccc(Cl)cc2CNCCCSc2nnnn2-c2ccccc2)cc1. The highest BCUT2D eigenvalue weighted by atomic mass is 35.5. The smallest absolute Gasteiger partial charge is 0.214 e. The normalized spacial score (nSPS) is 11.0. The lowest BCUT2D eigenvalue weighted by molar-refractivity contribution is 0.302. The summed E-state index contributed by atoms with van der Waals surface area (Å²) in [5.41, 5.74) is 2.82. The molecule has 0 spiro atoms. The maximum Gasteiger partial charge on any atom is 0.214 e. The van der Waals surface area contributed by atoms with Crippen molar-refractivity contribution >= 4 is 23.4 Å². The second kappa shape index (κ2) is 11.8. The first-order chi connectivity index (χ1) is 16.2. The van der Waals surface area contributed by atoms with Gasteiger partial charge in [-0.2, -0.15) is 4.68 Å². The molecule has 0 radical (unpaired) electrons. The summed E-state index contributed by atoms with van der Waals surface area (Å²) in [5.74, 6) is 1.38. The molecule has 9 heteroatoms. The summed E-state index contributed by atoms with van der Waals surface area (Å²) < 4.78 is 20.8. The molecule has 1 heterocycles. The summed E-state index contributed by atoms with van der Waals surface area (Å²) in [7, 11) is 0. The van der Waals surface area contributed by atoms with Crippen molar-refractivity contribution in [2.75, 3.05) is 12.3 Å². The molecular weight excluding hydrogens is 461 g/mol. The van der Waals surface area contributed by atoms with E-state index in [1.165, 1.54) is 12.1 Å². The van der Waals surface area contributed by atoms with Crippen molar-refractivity contribution in [3.05, 3.63) is 94.8 Å². The lowest BCUT2D eigenvalue weighted by Crippen LogP contribution is -2.16. The van der Waals surface area contributed by atoms with Crippen molar-refractivity contribution in [2.45, 2.75) is 24.7 Å². The van der Waals surface area contributed by atoms with Crippen LogP contribution >= 0.6 is 23.4 Å². The molecule has 4 aromatic rings. The summed E-state index contributed by atoms with van der Waals surface area (Å²) >= 11 is 7.81. The summed E-state index contributed by atoms with van der Waals surface area (Å²) in [4.78, 5) is 0. The van der Waals surface area contributed by atoms with Gasteiger partial charge in [0, 0.05) is 22.9 Å². The maximum atomic E-state index is 13.1. The molecule has 3 aromatic carbocycles. The maximum absolute atomic E-state index is 13.1. The van der Waals surface area contributed by atoms with E-state index in [1.54, 1.807) is 34.6 Å². The van der Waals surface area contributed by atoms with E-state index >= 15 is 0 Å². The van der Waals surface area contributed by atoms with Crippen LogP contribution in [0.2, 0.25) is 5.02 Å². The third kappa shape index (κ3) is 6.77. The van der Waals surface area contributed by atoms with Crippen molar-refractivity contribution < 1.29 is 9.13 Å². The quantitative estimate of drug-likeness (QED) is 0.230. The van der Waals surface area contributed by atoms with Crippen molar-refractivity contribution in [3.63, 3.8) is 0 Å². The molecule has 0 amide bonds. The van der Waals surface area contributed by atoms with Gasteiger partial charge in [-0.15, -0.1) is 5.10 Å². The Labute approximate surface area is 201 Å². The molecule has 0 aliphatic carbocycles. The standard InChI is InChI=1S/C24H23ClFN5OS/c25-20-9-12-23(32-17-18-7-10-21(26)11-8-18)19(15-20)16-27-13-4-14-33-24-28-29-30-31(24)22-5-2-1-3-6-22/h1-3,5-12,15,27H,4,13-14,16-17H2. The first kappa shape index (κ1) is 23.2. The van der Waals surface area contributed by atoms with Crippen LogP contribution in [0.1, 0.15) is 17.5 Å². The molecule has 0 saturated carbocycles. The number of hydrogen-bond donors (Lipinski definition) is 1. The predicted molar refractivity (Wildman–Crippen MR) is 128 cm³/mol. The highest BCUT2D eigenvalue weighted by molar-refractivity contribution is 7.99. The van der Waals surface area contributed by atoms with Gasteiger partial charge in [0.2, 0.25) is 5.16 Å². The number of thioether (sulfide) groups is 1. The number of rotatable bonds is 11.